The average molecular weight is 330 g/mol. The Morgan fingerprint density at radius 3 is 2.04 bits per heavy atom. The van der Waals surface area contributed by atoms with Crippen molar-refractivity contribution in [2.24, 2.45) is 17.8 Å². The lowest BCUT2D eigenvalue weighted by atomic mass is 9.53. The Labute approximate surface area is 148 Å². The van der Waals surface area contributed by atoms with Gasteiger partial charge in [-0.15, -0.1) is 0 Å². The Hall–Kier alpha value is -2.09. The lowest BCUT2D eigenvalue weighted by Crippen LogP contribution is -2.64. The van der Waals surface area contributed by atoms with Crippen LogP contribution in [-0.4, -0.2) is 0 Å². The van der Waals surface area contributed by atoms with Gasteiger partial charge in [0, 0.05) is 30.9 Å². The Morgan fingerprint density at radius 1 is 0.760 bits per heavy atom. The van der Waals surface area contributed by atoms with E-state index in [4.69, 9.17) is 4.52 Å². The van der Waals surface area contributed by atoms with Gasteiger partial charge in [0.2, 0.25) is 11.3 Å². The van der Waals surface area contributed by atoms with Gasteiger partial charge in [0.25, 0.3) is 5.52 Å². The predicted molar refractivity (Wildman–Crippen MR) is 98.0 cm³/mol. The van der Waals surface area contributed by atoms with E-state index >= 15 is 0 Å². The van der Waals surface area contributed by atoms with Crippen molar-refractivity contribution in [2.45, 2.75) is 44.1 Å². The molecule has 1 aromatic heterocycles. The van der Waals surface area contributed by atoms with Crippen LogP contribution in [0.25, 0.3) is 22.2 Å². The third-order valence-electron chi connectivity index (χ3n) is 7.02. The summed E-state index contributed by atoms with van der Waals surface area (Å²) in [7, 11) is 0. The summed E-state index contributed by atoms with van der Waals surface area (Å²) in [6, 6.07) is 19.4. The van der Waals surface area contributed by atoms with E-state index in [9.17, 15) is 0 Å². The lowest BCUT2D eigenvalue weighted by Gasteiger charge is -2.51. The smallest absolute Gasteiger partial charge is 0.234 e. The fourth-order valence-corrected chi connectivity index (χ4v) is 6.50. The number of nitrogens with zero attached hydrogens (tertiary/aromatic N) is 1. The van der Waals surface area contributed by atoms with Crippen molar-refractivity contribution in [3.63, 3.8) is 0 Å². The van der Waals surface area contributed by atoms with Crippen molar-refractivity contribution in [1.82, 2.24) is 0 Å². The molecule has 0 spiro atoms. The number of rotatable bonds is 2. The van der Waals surface area contributed by atoms with Crippen molar-refractivity contribution in [1.29, 1.82) is 0 Å². The molecular weight excluding hydrogens is 306 g/mol. The summed E-state index contributed by atoms with van der Waals surface area (Å²) >= 11 is 0. The van der Waals surface area contributed by atoms with Gasteiger partial charge in [0.1, 0.15) is 5.39 Å². The van der Waals surface area contributed by atoms with E-state index in [1.54, 1.807) is 0 Å². The second kappa shape index (κ2) is 4.97. The van der Waals surface area contributed by atoms with Gasteiger partial charge < -0.3 is 0 Å². The standard InChI is InChI=1S/C23H24NO/c1-2-6-19(7-3-1)22-20-8-4-5-9-21(20)24(25-22)23-13-16-10-17(14-23)12-18(11-16)15-23/h1-9,16-18H,10-15H2/q+1. The molecule has 0 N–H and O–H groups in total. The molecule has 4 saturated carbocycles. The van der Waals surface area contributed by atoms with Crippen LogP contribution in [0.5, 0.6) is 0 Å². The van der Waals surface area contributed by atoms with Crippen LogP contribution in [0.2, 0.25) is 0 Å². The number of hydrogen-bond donors (Lipinski definition) is 0. The molecule has 4 aliphatic rings. The molecule has 1 heterocycles. The van der Waals surface area contributed by atoms with Crippen LogP contribution in [-0.2, 0) is 5.54 Å². The number of fused-ring (bicyclic) bond motifs is 1. The summed E-state index contributed by atoms with van der Waals surface area (Å²) < 4.78 is 9.00. The van der Waals surface area contributed by atoms with E-state index < -0.39 is 0 Å². The molecule has 0 aliphatic heterocycles. The normalized spacial score (nSPS) is 33.2. The third kappa shape index (κ3) is 2.00. The van der Waals surface area contributed by atoms with E-state index in [-0.39, 0.29) is 5.54 Å². The molecule has 0 amide bonds. The number of aromatic nitrogens is 1. The van der Waals surface area contributed by atoms with Gasteiger partial charge in [-0.1, -0.05) is 42.5 Å². The fraction of sp³-hybridized carbons (Fsp3) is 0.435. The zero-order chi connectivity index (χ0) is 16.4. The second-order valence-corrected chi connectivity index (χ2v) is 8.74. The summed E-state index contributed by atoms with van der Waals surface area (Å²) in [6.45, 7) is 0. The van der Waals surface area contributed by atoms with Crippen LogP contribution in [0, 0.1) is 17.8 Å². The predicted octanol–water partition coefficient (Wildman–Crippen LogP) is 5.31. The second-order valence-electron chi connectivity index (χ2n) is 8.74. The summed E-state index contributed by atoms with van der Waals surface area (Å²) in [5.41, 5.74) is 2.69. The number of para-hydroxylation sites is 1. The summed E-state index contributed by atoms with van der Waals surface area (Å²) in [5.74, 6) is 3.79. The van der Waals surface area contributed by atoms with Gasteiger partial charge in [0.05, 0.1) is 0 Å². The molecule has 2 heteroatoms. The molecule has 3 aromatic rings. The average Bonchev–Trinajstić information content (AvgIpc) is 3.02. The van der Waals surface area contributed by atoms with Crippen LogP contribution in [0.3, 0.4) is 0 Å². The van der Waals surface area contributed by atoms with Gasteiger partial charge in [0.15, 0.2) is 0 Å². The molecule has 2 aromatic carbocycles. The van der Waals surface area contributed by atoms with Crippen molar-refractivity contribution in [3.8, 4) is 11.3 Å². The molecule has 0 saturated heterocycles. The molecule has 7 rings (SSSR count). The van der Waals surface area contributed by atoms with Crippen LogP contribution >= 0.6 is 0 Å². The highest BCUT2D eigenvalue weighted by molar-refractivity contribution is 5.89. The maximum absolute atomic E-state index is 6.65. The zero-order valence-electron chi connectivity index (χ0n) is 14.5. The largest absolute Gasteiger partial charge is 0.263 e. The highest BCUT2D eigenvalue weighted by atomic mass is 16.5. The Kier molecular flexibility index (Phi) is 2.81. The van der Waals surface area contributed by atoms with E-state index in [1.807, 2.05) is 0 Å². The first kappa shape index (κ1) is 14.1. The minimum atomic E-state index is 0.224. The monoisotopic (exact) mass is 330 g/mol. The first-order valence-electron chi connectivity index (χ1n) is 9.81. The van der Waals surface area contributed by atoms with Crippen molar-refractivity contribution in [2.75, 3.05) is 0 Å². The molecule has 4 bridgehead atoms. The summed E-state index contributed by atoms with van der Waals surface area (Å²) in [4.78, 5) is 0. The molecule has 126 valence electrons. The molecule has 4 aliphatic carbocycles. The van der Waals surface area contributed by atoms with E-state index in [1.165, 1.54) is 55.0 Å². The molecular formula is C23H24NO+. The van der Waals surface area contributed by atoms with Crippen LogP contribution in [0.4, 0.5) is 0 Å². The van der Waals surface area contributed by atoms with Gasteiger partial charge >= 0.3 is 0 Å². The summed E-state index contributed by atoms with van der Waals surface area (Å²) in [5, 5.41) is 1.25. The van der Waals surface area contributed by atoms with Crippen LogP contribution in [0.1, 0.15) is 38.5 Å². The zero-order valence-corrected chi connectivity index (χ0v) is 14.5. The van der Waals surface area contributed by atoms with E-state index in [0.717, 1.165) is 23.5 Å². The fourth-order valence-electron chi connectivity index (χ4n) is 6.50. The molecule has 0 radical (unpaired) electrons. The quantitative estimate of drug-likeness (QED) is 0.582. The SMILES string of the molecule is c1ccc(-c2o[n+](C34CC5CC(CC(C5)C3)C4)c3ccccc23)cc1. The topological polar surface area (TPSA) is 17.0 Å². The maximum Gasteiger partial charge on any atom is 0.263 e. The molecule has 25 heavy (non-hydrogen) atoms. The first-order valence-corrected chi connectivity index (χ1v) is 9.81. The summed E-state index contributed by atoms with van der Waals surface area (Å²) in [6.07, 6.45) is 8.33. The van der Waals surface area contributed by atoms with Gasteiger partial charge in [-0.3, -0.25) is 0 Å². The minimum absolute atomic E-state index is 0.224. The number of hydrogen-bond acceptors (Lipinski definition) is 1. The van der Waals surface area contributed by atoms with E-state index in [2.05, 4.69) is 59.3 Å². The van der Waals surface area contributed by atoms with Gasteiger partial charge in [-0.05, 0) is 47.8 Å². The van der Waals surface area contributed by atoms with Crippen molar-refractivity contribution in [3.05, 3.63) is 54.6 Å². The third-order valence-corrected chi connectivity index (χ3v) is 7.02. The highest BCUT2D eigenvalue weighted by Gasteiger charge is 2.59. The van der Waals surface area contributed by atoms with Crippen molar-refractivity contribution < 1.29 is 9.26 Å². The lowest BCUT2D eigenvalue weighted by molar-refractivity contribution is -0.901. The Morgan fingerprint density at radius 2 is 1.36 bits per heavy atom. The Balaban J connectivity index is 1.57. The van der Waals surface area contributed by atoms with E-state index in [0.29, 0.717) is 0 Å². The van der Waals surface area contributed by atoms with Gasteiger partial charge in [-0.2, -0.15) is 0 Å². The highest BCUT2D eigenvalue weighted by Crippen LogP contribution is 2.57. The van der Waals surface area contributed by atoms with Crippen LogP contribution < -0.4 is 4.74 Å². The molecule has 0 atom stereocenters. The Bertz CT molecular complexity index is 904. The first-order chi connectivity index (χ1) is 12.3. The number of benzene rings is 2. The molecule has 4 fully saturated rings. The van der Waals surface area contributed by atoms with Gasteiger partial charge in [-0.25, -0.2) is 4.52 Å². The molecule has 2 nitrogen and oxygen atoms in total. The van der Waals surface area contributed by atoms with Crippen molar-refractivity contribution >= 4 is 10.9 Å². The maximum atomic E-state index is 6.65. The van der Waals surface area contributed by atoms with Crippen LogP contribution in [0.15, 0.2) is 59.1 Å². The molecule has 0 unspecified atom stereocenters. The minimum Gasteiger partial charge on any atom is -0.234 e.